The summed E-state index contributed by atoms with van der Waals surface area (Å²) in [6, 6.07) is 28.8. The Hall–Kier alpha value is -4.95. The molecule has 1 aromatic heterocycles. The Morgan fingerprint density at radius 3 is 2.45 bits per heavy atom. The lowest BCUT2D eigenvalue weighted by Crippen LogP contribution is -2.56. The first-order valence-corrected chi connectivity index (χ1v) is 14.1. The zero-order valence-corrected chi connectivity index (χ0v) is 23.1. The predicted molar refractivity (Wildman–Crippen MR) is 163 cm³/mol. The van der Waals surface area contributed by atoms with Crippen molar-refractivity contribution in [3.8, 4) is 0 Å². The molecule has 0 spiro atoms. The number of rotatable bonds is 8. The number of carbonyl (C=O) groups excluding carboxylic acids is 2. The van der Waals surface area contributed by atoms with E-state index < -0.39 is 5.97 Å². The number of carboxylic acids is 1. The second-order valence-corrected chi connectivity index (χ2v) is 10.7. The lowest BCUT2D eigenvalue weighted by molar-refractivity contribution is -0.136. The van der Waals surface area contributed by atoms with Crippen molar-refractivity contribution in [3.05, 3.63) is 119 Å². The summed E-state index contributed by atoms with van der Waals surface area (Å²) in [5.41, 5.74) is 3.80. The molecule has 8 nitrogen and oxygen atoms in total. The molecule has 0 radical (unpaired) electrons. The van der Waals surface area contributed by atoms with Gasteiger partial charge in [0.05, 0.1) is 12.0 Å². The first-order valence-electron chi connectivity index (χ1n) is 14.1. The van der Waals surface area contributed by atoms with E-state index in [-0.39, 0.29) is 24.3 Å². The molecule has 1 unspecified atom stereocenters. The largest absolute Gasteiger partial charge is 0.481 e. The normalized spacial score (nSPS) is 15.1. The third-order valence-electron chi connectivity index (χ3n) is 7.88. The van der Waals surface area contributed by atoms with Gasteiger partial charge in [0, 0.05) is 61.4 Å². The van der Waals surface area contributed by atoms with Gasteiger partial charge >= 0.3 is 5.97 Å². The quantitative estimate of drug-likeness (QED) is 0.262. The summed E-state index contributed by atoms with van der Waals surface area (Å²) in [7, 11) is 0. The SMILES string of the molecule is O=C(O)Cc1ccccc1Cn1cc(C(=O)N2CCNC(CNC(=O)c3ccc4ccccc4c3)C2)c2ccccc21. The van der Waals surface area contributed by atoms with Gasteiger partial charge in [-0.25, -0.2) is 0 Å². The maximum absolute atomic E-state index is 13.8. The second-order valence-electron chi connectivity index (χ2n) is 10.7. The topological polar surface area (TPSA) is 104 Å². The molecule has 1 atom stereocenters. The van der Waals surface area contributed by atoms with Gasteiger partial charge in [0.2, 0.25) is 0 Å². The maximum atomic E-state index is 13.8. The number of nitrogens with one attached hydrogen (secondary N) is 2. The molecule has 42 heavy (non-hydrogen) atoms. The molecule has 0 aliphatic carbocycles. The van der Waals surface area contributed by atoms with Gasteiger partial charge in [-0.1, -0.05) is 72.8 Å². The van der Waals surface area contributed by atoms with Crippen molar-refractivity contribution in [1.29, 1.82) is 0 Å². The minimum Gasteiger partial charge on any atom is -0.481 e. The van der Waals surface area contributed by atoms with E-state index in [1.54, 1.807) is 0 Å². The fourth-order valence-electron chi connectivity index (χ4n) is 5.74. The molecule has 1 aliphatic heterocycles. The minimum absolute atomic E-state index is 0.0548. The smallest absolute Gasteiger partial charge is 0.307 e. The second kappa shape index (κ2) is 11.9. The summed E-state index contributed by atoms with van der Waals surface area (Å²) in [6.45, 7) is 2.52. The first-order chi connectivity index (χ1) is 20.5. The third kappa shape index (κ3) is 5.75. The van der Waals surface area contributed by atoms with Gasteiger partial charge in [-0.15, -0.1) is 0 Å². The molecule has 2 amide bonds. The number of aromatic nitrogens is 1. The van der Waals surface area contributed by atoms with Gasteiger partial charge < -0.3 is 25.2 Å². The molecule has 2 heterocycles. The van der Waals surface area contributed by atoms with Crippen molar-refractivity contribution in [2.24, 2.45) is 0 Å². The molecule has 3 N–H and O–H groups in total. The fourth-order valence-corrected chi connectivity index (χ4v) is 5.74. The van der Waals surface area contributed by atoms with Gasteiger partial charge in [-0.3, -0.25) is 14.4 Å². The Bertz CT molecular complexity index is 1790. The summed E-state index contributed by atoms with van der Waals surface area (Å²) in [5, 5.41) is 18.8. The standard InChI is InChI=1S/C34H32N4O4/c39-32(40)18-25-9-3-4-10-27(25)20-38-22-30(29-11-5-6-12-31(29)38)34(42)37-16-15-35-28(21-37)19-36-33(41)26-14-13-23-7-1-2-8-24(23)17-26/h1-14,17,22,28,35H,15-16,18-21H2,(H,36,41)(H,39,40). The maximum Gasteiger partial charge on any atom is 0.307 e. The Balaban J connectivity index is 1.16. The number of piperazine rings is 1. The summed E-state index contributed by atoms with van der Waals surface area (Å²) < 4.78 is 2.02. The number of amides is 2. The van der Waals surface area contributed by atoms with Crippen LogP contribution in [0.1, 0.15) is 31.8 Å². The van der Waals surface area contributed by atoms with Gasteiger partial charge in [0.15, 0.2) is 0 Å². The van der Waals surface area contributed by atoms with Crippen molar-refractivity contribution in [3.63, 3.8) is 0 Å². The van der Waals surface area contributed by atoms with Crippen LogP contribution >= 0.6 is 0 Å². The van der Waals surface area contributed by atoms with E-state index >= 15 is 0 Å². The zero-order chi connectivity index (χ0) is 29.1. The first kappa shape index (κ1) is 27.2. The number of hydrogen-bond donors (Lipinski definition) is 3. The van der Waals surface area contributed by atoms with Gasteiger partial charge in [-0.05, 0) is 40.1 Å². The summed E-state index contributed by atoms with van der Waals surface area (Å²) in [6.07, 6.45) is 1.82. The molecule has 8 heteroatoms. The number of carboxylic acid groups (broad SMARTS) is 1. The number of carbonyl (C=O) groups is 3. The van der Waals surface area contributed by atoms with Crippen molar-refractivity contribution >= 4 is 39.5 Å². The molecule has 4 aromatic carbocycles. The van der Waals surface area contributed by atoms with E-state index in [4.69, 9.17) is 0 Å². The summed E-state index contributed by atoms with van der Waals surface area (Å²) in [4.78, 5) is 40.0. The monoisotopic (exact) mass is 560 g/mol. The third-order valence-corrected chi connectivity index (χ3v) is 7.88. The number of benzene rings is 4. The molecule has 1 saturated heterocycles. The van der Waals surface area contributed by atoms with Gasteiger partial charge in [0.1, 0.15) is 0 Å². The van der Waals surface area contributed by atoms with E-state index in [1.165, 1.54) is 0 Å². The average molecular weight is 561 g/mol. The highest BCUT2D eigenvalue weighted by atomic mass is 16.4. The molecule has 1 aliphatic rings. The van der Waals surface area contributed by atoms with E-state index in [0.29, 0.717) is 43.9 Å². The molecule has 5 aromatic rings. The molecular formula is C34H32N4O4. The van der Waals surface area contributed by atoms with Crippen LogP contribution < -0.4 is 10.6 Å². The highest BCUT2D eigenvalue weighted by molar-refractivity contribution is 6.07. The minimum atomic E-state index is -0.877. The van der Waals surface area contributed by atoms with Gasteiger partial charge in [0.25, 0.3) is 11.8 Å². The van der Waals surface area contributed by atoms with E-state index in [9.17, 15) is 19.5 Å². The number of aliphatic carboxylic acids is 1. The van der Waals surface area contributed by atoms with E-state index in [0.717, 1.165) is 32.8 Å². The van der Waals surface area contributed by atoms with Crippen LogP contribution in [0, 0.1) is 0 Å². The Kier molecular flexibility index (Phi) is 7.70. The molecular weight excluding hydrogens is 528 g/mol. The number of para-hydroxylation sites is 1. The van der Waals surface area contributed by atoms with Crippen LogP contribution in [-0.4, -0.2) is 64.6 Å². The number of fused-ring (bicyclic) bond motifs is 2. The van der Waals surface area contributed by atoms with Crippen molar-refractivity contribution in [2.45, 2.75) is 19.0 Å². The van der Waals surface area contributed by atoms with Crippen LogP contribution in [0.25, 0.3) is 21.7 Å². The van der Waals surface area contributed by atoms with Crippen molar-refractivity contribution < 1.29 is 19.5 Å². The number of hydrogen-bond acceptors (Lipinski definition) is 4. The Morgan fingerprint density at radius 2 is 1.62 bits per heavy atom. The molecule has 0 saturated carbocycles. The van der Waals surface area contributed by atoms with Crippen LogP contribution in [0.2, 0.25) is 0 Å². The highest BCUT2D eigenvalue weighted by Gasteiger charge is 2.27. The molecule has 212 valence electrons. The molecule has 1 fully saturated rings. The van der Waals surface area contributed by atoms with Crippen LogP contribution in [0.15, 0.2) is 97.2 Å². The highest BCUT2D eigenvalue weighted by Crippen LogP contribution is 2.25. The molecule has 6 rings (SSSR count). The van der Waals surface area contributed by atoms with Crippen LogP contribution in [-0.2, 0) is 17.8 Å². The van der Waals surface area contributed by atoms with Crippen molar-refractivity contribution in [2.75, 3.05) is 26.2 Å². The lowest BCUT2D eigenvalue weighted by atomic mass is 10.0. The summed E-state index contributed by atoms with van der Waals surface area (Å²) in [5.74, 6) is -1.08. The predicted octanol–water partition coefficient (Wildman–Crippen LogP) is 4.31. The zero-order valence-electron chi connectivity index (χ0n) is 23.1. The van der Waals surface area contributed by atoms with Crippen LogP contribution in [0.3, 0.4) is 0 Å². The Morgan fingerprint density at radius 1 is 0.881 bits per heavy atom. The number of nitrogens with zero attached hydrogens (tertiary/aromatic N) is 2. The van der Waals surface area contributed by atoms with E-state index in [2.05, 4.69) is 10.6 Å². The fraction of sp³-hybridized carbons (Fsp3) is 0.206. The van der Waals surface area contributed by atoms with Gasteiger partial charge in [-0.2, -0.15) is 0 Å². The Labute approximate surface area is 243 Å². The van der Waals surface area contributed by atoms with E-state index in [1.807, 2.05) is 107 Å². The summed E-state index contributed by atoms with van der Waals surface area (Å²) >= 11 is 0. The van der Waals surface area contributed by atoms with Crippen LogP contribution in [0.4, 0.5) is 0 Å². The van der Waals surface area contributed by atoms with Crippen LogP contribution in [0.5, 0.6) is 0 Å². The lowest BCUT2D eigenvalue weighted by Gasteiger charge is -2.33. The average Bonchev–Trinajstić information content (AvgIpc) is 3.38. The van der Waals surface area contributed by atoms with Crippen molar-refractivity contribution in [1.82, 2.24) is 20.1 Å². The molecule has 0 bridgehead atoms.